The van der Waals surface area contributed by atoms with Gasteiger partial charge in [0.1, 0.15) is 11.9 Å². The number of benzene rings is 4. The predicted octanol–water partition coefficient (Wildman–Crippen LogP) is 7.66. The van der Waals surface area contributed by atoms with Crippen LogP contribution < -0.4 is 4.74 Å². The van der Waals surface area contributed by atoms with E-state index in [1.807, 2.05) is 92.3 Å². The van der Waals surface area contributed by atoms with Crippen molar-refractivity contribution in [3.63, 3.8) is 0 Å². The molecule has 0 fully saturated rings. The first-order chi connectivity index (χ1) is 23.0. The molecule has 0 aliphatic rings. The van der Waals surface area contributed by atoms with Gasteiger partial charge in [0.25, 0.3) is 0 Å². The van der Waals surface area contributed by atoms with Crippen molar-refractivity contribution >= 4 is 43.6 Å². The Labute approximate surface area is 291 Å². The first-order valence-corrected chi connectivity index (χ1v) is 15.3. The molecular weight excluding hydrogens is 780 g/mol. The van der Waals surface area contributed by atoms with Gasteiger partial charge in [-0.05, 0) is 46.1 Å². The summed E-state index contributed by atoms with van der Waals surface area (Å²) in [4.78, 5) is 9.42. The maximum atomic E-state index is 7.01. The van der Waals surface area contributed by atoms with Crippen LogP contribution >= 0.6 is 0 Å². The number of aromatic nitrogens is 8. The topological polar surface area (TPSA) is 64.6 Å². The molecule has 0 N–H and O–H groups in total. The van der Waals surface area contributed by atoms with Gasteiger partial charge in [-0.2, -0.15) is 0 Å². The van der Waals surface area contributed by atoms with Gasteiger partial charge in [-0.3, -0.25) is 9.97 Å². The van der Waals surface area contributed by atoms with Gasteiger partial charge in [0.05, 0.1) is 0 Å². The number of hydrogen-bond acceptors (Lipinski definition) is 3. The Kier molecular flexibility index (Phi) is 8.15. The second-order valence-corrected chi connectivity index (χ2v) is 11.5. The summed E-state index contributed by atoms with van der Waals surface area (Å²) >= 11 is 0. The van der Waals surface area contributed by atoms with Gasteiger partial charge >= 0.3 is 21.1 Å². The number of fused-ring (bicyclic) bond motifs is 6. The summed E-state index contributed by atoms with van der Waals surface area (Å²) in [6.07, 6.45) is 14.6. The van der Waals surface area contributed by atoms with E-state index < -0.39 is 0 Å². The van der Waals surface area contributed by atoms with Crippen molar-refractivity contribution in [1.29, 1.82) is 0 Å². The Hall–Kier alpha value is -5.53. The standard InChI is InChI=1S/C38H32N8O.Pt/c1-41-23-21-39-37(41)45-25-35(43(3)31-17-9-5-13-27(31)29-15-7-11-19-33(29)45)47-36-26-46(38-40-22-24-42(38)2)34-20-12-8-16-30(34)28-14-6-10-18-32(28)44(36)4;/h5-24H,1-4H3;/q-2;+2. The molecule has 0 spiro atoms. The van der Waals surface area contributed by atoms with Crippen molar-refractivity contribution in [2.24, 2.45) is 28.2 Å². The molecule has 8 rings (SSSR count). The third-order valence-electron chi connectivity index (χ3n) is 8.61. The van der Waals surface area contributed by atoms with Crippen LogP contribution in [0.5, 0.6) is 11.8 Å². The van der Waals surface area contributed by atoms with Gasteiger partial charge in [-0.25, -0.2) is 0 Å². The maximum absolute atomic E-state index is 7.01. The van der Waals surface area contributed by atoms with E-state index in [2.05, 4.69) is 85.2 Å². The number of aryl methyl sites for hydroxylation is 4. The molecule has 48 heavy (non-hydrogen) atoms. The summed E-state index contributed by atoms with van der Waals surface area (Å²) in [5.74, 6) is 2.30. The molecule has 8 aromatic rings. The molecule has 4 heterocycles. The van der Waals surface area contributed by atoms with Gasteiger partial charge in [0.15, 0.2) is 11.8 Å². The average molecular weight is 812 g/mol. The van der Waals surface area contributed by atoms with E-state index in [1.165, 1.54) is 0 Å². The van der Waals surface area contributed by atoms with Crippen LogP contribution in [0.1, 0.15) is 0 Å². The summed E-state index contributed by atoms with van der Waals surface area (Å²) in [6.45, 7) is 0. The van der Waals surface area contributed by atoms with Crippen molar-refractivity contribution in [3.8, 4) is 23.7 Å². The minimum absolute atomic E-state index is 0. The van der Waals surface area contributed by atoms with Crippen LogP contribution in [0.15, 0.2) is 122 Å². The molecule has 0 aliphatic heterocycles. The van der Waals surface area contributed by atoms with Crippen LogP contribution in [0, 0.1) is 12.4 Å². The number of hydrogen-bond donors (Lipinski definition) is 0. The summed E-state index contributed by atoms with van der Waals surface area (Å²) in [6, 6.07) is 33.2. The van der Waals surface area contributed by atoms with Crippen LogP contribution in [-0.4, -0.2) is 37.4 Å². The number of para-hydroxylation sites is 4. The Bertz CT molecular complexity index is 2400. The van der Waals surface area contributed by atoms with Gasteiger partial charge in [-0.1, -0.05) is 96.0 Å². The molecule has 0 aliphatic carbocycles. The third-order valence-corrected chi connectivity index (χ3v) is 8.61. The number of imidazole rings is 2. The van der Waals surface area contributed by atoms with Gasteiger partial charge < -0.3 is 32.1 Å². The van der Waals surface area contributed by atoms with E-state index in [9.17, 15) is 0 Å². The van der Waals surface area contributed by atoms with Crippen LogP contribution in [0.25, 0.3) is 55.5 Å². The van der Waals surface area contributed by atoms with Gasteiger partial charge in [0, 0.05) is 64.0 Å². The zero-order valence-corrected chi connectivity index (χ0v) is 29.1. The Morgan fingerprint density at radius 1 is 0.479 bits per heavy atom. The minimum Gasteiger partial charge on any atom is -0.446 e. The molecule has 0 atom stereocenters. The molecule has 0 amide bonds. The van der Waals surface area contributed by atoms with Crippen LogP contribution in [-0.2, 0) is 49.3 Å². The molecule has 240 valence electrons. The molecule has 0 radical (unpaired) electrons. The fraction of sp³-hybridized carbons (Fsp3) is 0.105. The van der Waals surface area contributed by atoms with Crippen molar-refractivity contribution in [2.75, 3.05) is 0 Å². The van der Waals surface area contributed by atoms with E-state index in [0.717, 1.165) is 43.6 Å². The van der Waals surface area contributed by atoms with Crippen LogP contribution in [0.3, 0.4) is 0 Å². The van der Waals surface area contributed by atoms with Gasteiger partial charge in [-0.15, -0.1) is 0 Å². The Balaban J connectivity index is 0.00000364. The molecular formula is C38H32N8OPt. The normalized spacial score (nSPS) is 11.2. The molecule has 4 aromatic carbocycles. The molecule has 0 bridgehead atoms. The fourth-order valence-electron chi connectivity index (χ4n) is 6.20. The van der Waals surface area contributed by atoms with Crippen molar-refractivity contribution in [3.05, 3.63) is 134 Å². The number of rotatable bonds is 4. The molecule has 0 saturated carbocycles. The molecule has 9 nitrogen and oxygen atoms in total. The zero-order valence-electron chi connectivity index (χ0n) is 26.8. The Morgan fingerprint density at radius 2 is 0.812 bits per heavy atom. The first kappa shape index (κ1) is 31.1. The fourth-order valence-corrected chi connectivity index (χ4v) is 6.20. The largest absolute Gasteiger partial charge is 2.00 e. The van der Waals surface area contributed by atoms with E-state index in [0.29, 0.717) is 23.7 Å². The Morgan fingerprint density at radius 3 is 1.17 bits per heavy atom. The van der Waals surface area contributed by atoms with Crippen molar-refractivity contribution in [2.45, 2.75) is 0 Å². The van der Waals surface area contributed by atoms with E-state index in [4.69, 9.17) is 14.7 Å². The molecule has 0 saturated heterocycles. The maximum Gasteiger partial charge on any atom is 2.00 e. The van der Waals surface area contributed by atoms with E-state index in [1.54, 1.807) is 12.4 Å². The first-order valence-electron chi connectivity index (χ1n) is 15.3. The predicted molar refractivity (Wildman–Crippen MR) is 186 cm³/mol. The number of ether oxygens (including phenoxy) is 1. The van der Waals surface area contributed by atoms with E-state index >= 15 is 0 Å². The monoisotopic (exact) mass is 811 g/mol. The number of nitrogens with zero attached hydrogens (tertiary/aromatic N) is 8. The molecule has 4 aromatic heterocycles. The zero-order chi connectivity index (χ0) is 32.1. The summed E-state index contributed by atoms with van der Waals surface area (Å²) < 4.78 is 18.9. The van der Waals surface area contributed by atoms with Crippen LogP contribution in [0.4, 0.5) is 0 Å². The second kappa shape index (κ2) is 12.6. The summed E-state index contributed by atoms with van der Waals surface area (Å²) in [7, 11) is 7.94. The minimum atomic E-state index is 0. The summed E-state index contributed by atoms with van der Waals surface area (Å²) in [5, 5.41) is 4.24. The average Bonchev–Trinajstić information content (AvgIpc) is 3.74. The van der Waals surface area contributed by atoms with Crippen molar-refractivity contribution < 1.29 is 25.8 Å². The molecule has 0 unspecified atom stereocenters. The molecule has 10 heteroatoms. The van der Waals surface area contributed by atoms with E-state index in [-0.39, 0.29) is 21.1 Å². The summed E-state index contributed by atoms with van der Waals surface area (Å²) in [5.41, 5.74) is 3.81. The smallest absolute Gasteiger partial charge is 0.446 e. The SMILES string of the molecule is Cn1ccnc1-n1[c-]c(Oc2[c-]n(-c3nccn3C)c3ccccc3c3ccccc3n2C)n(C)c2ccccc2c2ccccc21.[Pt+2]. The quantitative estimate of drug-likeness (QED) is 0.172. The van der Waals surface area contributed by atoms with Gasteiger partial charge in [0.2, 0.25) is 0 Å². The third kappa shape index (κ3) is 5.17. The van der Waals surface area contributed by atoms with Crippen LogP contribution in [0.2, 0.25) is 0 Å². The second-order valence-electron chi connectivity index (χ2n) is 11.5. The van der Waals surface area contributed by atoms with Crippen molar-refractivity contribution in [1.82, 2.24) is 37.4 Å².